The first kappa shape index (κ1) is 27.4. The van der Waals surface area contributed by atoms with Gasteiger partial charge in [-0.25, -0.2) is 8.42 Å². The lowest BCUT2D eigenvalue weighted by molar-refractivity contribution is -0.140. The molecule has 186 valence electrons. The minimum Gasteiger partial charge on any atom is -0.352 e. The Kier molecular flexibility index (Phi) is 9.67. The number of carbonyl (C=O) groups excluding carboxylic acids is 2. The Morgan fingerprint density at radius 2 is 1.59 bits per heavy atom. The van der Waals surface area contributed by atoms with E-state index in [4.69, 9.17) is 0 Å². The number of nitrogens with zero attached hydrogens (tertiary/aromatic N) is 2. The Bertz CT molecular complexity index is 1080. The highest BCUT2D eigenvalue weighted by atomic mass is 32.2. The lowest BCUT2D eigenvalue weighted by Gasteiger charge is -2.30. The zero-order valence-electron chi connectivity index (χ0n) is 21.0. The first-order valence-corrected chi connectivity index (χ1v) is 13.4. The molecule has 1 N–H and O–H groups in total. The minimum absolute atomic E-state index is 0.0387. The molecule has 0 aliphatic rings. The van der Waals surface area contributed by atoms with Crippen molar-refractivity contribution in [2.24, 2.45) is 0 Å². The number of rotatable bonds is 11. The lowest BCUT2D eigenvalue weighted by atomic mass is 10.1. The molecular weight excluding hydrogens is 450 g/mol. The Labute approximate surface area is 204 Å². The number of benzene rings is 2. The van der Waals surface area contributed by atoms with Gasteiger partial charge in [0.15, 0.2) is 0 Å². The summed E-state index contributed by atoms with van der Waals surface area (Å²) in [5, 5.41) is 2.88. The summed E-state index contributed by atoms with van der Waals surface area (Å²) in [6.07, 6.45) is 1.63. The second-order valence-corrected chi connectivity index (χ2v) is 11.0. The summed E-state index contributed by atoms with van der Waals surface area (Å²) >= 11 is 0. The van der Waals surface area contributed by atoms with Gasteiger partial charge >= 0.3 is 0 Å². The molecule has 0 aliphatic heterocycles. The molecule has 34 heavy (non-hydrogen) atoms. The van der Waals surface area contributed by atoms with Crippen molar-refractivity contribution < 1.29 is 18.0 Å². The van der Waals surface area contributed by atoms with E-state index in [-0.39, 0.29) is 30.8 Å². The predicted molar refractivity (Wildman–Crippen MR) is 137 cm³/mol. The van der Waals surface area contributed by atoms with Gasteiger partial charge in [-0.05, 0) is 64.3 Å². The molecule has 0 unspecified atom stereocenters. The molecule has 0 aliphatic carbocycles. The van der Waals surface area contributed by atoms with Crippen molar-refractivity contribution in [2.45, 2.75) is 66.1 Å². The first-order chi connectivity index (χ1) is 15.9. The molecule has 0 heterocycles. The quantitative estimate of drug-likeness (QED) is 0.522. The Balaban J connectivity index is 2.17. The van der Waals surface area contributed by atoms with Crippen molar-refractivity contribution in [3.05, 3.63) is 65.2 Å². The summed E-state index contributed by atoms with van der Waals surface area (Å²) in [5.41, 5.74) is 3.62. The zero-order valence-corrected chi connectivity index (χ0v) is 21.9. The molecule has 0 aromatic heterocycles. The van der Waals surface area contributed by atoms with Gasteiger partial charge in [0.2, 0.25) is 21.8 Å². The molecule has 2 rings (SSSR count). The van der Waals surface area contributed by atoms with E-state index in [1.807, 2.05) is 64.1 Å². The monoisotopic (exact) mass is 487 g/mol. The molecule has 0 bridgehead atoms. The average Bonchev–Trinajstić information content (AvgIpc) is 2.75. The number of hydrogen-bond acceptors (Lipinski definition) is 4. The number of amides is 2. The lowest BCUT2D eigenvalue weighted by Crippen LogP contribution is -2.49. The van der Waals surface area contributed by atoms with E-state index in [0.29, 0.717) is 18.7 Å². The van der Waals surface area contributed by atoms with Crippen molar-refractivity contribution >= 4 is 27.5 Å². The zero-order chi connectivity index (χ0) is 25.5. The third kappa shape index (κ3) is 7.87. The van der Waals surface area contributed by atoms with Crippen molar-refractivity contribution in [2.75, 3.05) is 17.1 Å². The molecular formula is C26H37N3O4S. The molecule has 1 atom stereocenters. The largest absolute Gasteiger partial charge is 0.352 e. The number of aryl methyl sites for hydroxylation is 2. The van der Waals surface area contributed by atoms with Crippen LogP contribution in [0.4, 0.5) is 5.69 Å². The van der Waals surface area contributed by atoms with Crippen molar-refractivity contribution in [3.8, 4) is 0 Å². The molecule has 2 amide bonds. The standard InChI is InChI=1S/C26H37N3O4S/c1-19(2)27-26(31)22(5)28(18-23-11-8-7-10-21(23)4)25(30)12-9-17-29(34(6,32)33)24-15-13-20(3)14-16-24/h7-8,10-11,13-16,19,22H,9,12,17-18H2,1-6H3,(H,27,31)/t22-/m1/s1. The van der Waals surface area contributed by atoms with Gasteiger partial charge in [0.05, 0.1) is 11.9 Å². The molecule has 0 saturated carbocycles. The molecule has 7 nitrogen and oxygen atoms in total. The highest BCUT2D eigenvalue weighted by molar-refractivity contribution is 7.92. The average molecular weight is 488 g/mol. The van der Waals surface area contributed by atoms with Crippen LogP contribution in [0.5, 0.6) is 0 Å². The molecule has 2 aromatic carbocycles. The minimum atomic E-state index is -3.50. The van der Waals surface area contributed by atoms with Gasteiger partial charge in [-0.2, -0.15) is 0 Å². The van der Waals surface area contributed by atoms with Crippen LogP contribution in [0.25, 0.3) is 0 Å². The molecule has 0 saturated heterocycles. The van der Waals surface area contributed by atoms with E-state index in [2.05, 4.69) is 5.32 Å². The molecule has 8 heteroatoms. The van der Waals surface area contributed by atoms with Crippen LogP contribution in [0.2, 0.25) is 0 Å². The van der Waals surface area contributed by atoms with Crippen LogP contribution in [0.1, 0.15) is 50.3 Å². The molecule has 0 radical (unpaired) electrons. The number of nitrogens with one attached hydrogen (secondary N) is 1. The third-order valence-electron chi connectivity index (χ3n) is 5.67. The summed E-state index contributed by atoms with van der Waals surface area (Å²) in [6.45, 7) is 9.88. The van der Waals surface area contributed by atoms with Gasteiger partial charge in [0.25, 0.3) is 0 Å². The molecule has 0 spiro atoms. The highest BCUT2D eigenvalue weighted by Gasteiger charge is 2.27. The summed E-state index contributed by atoms with van der Waals surface area (Å²) in [6, 6.07) is 14.3. The van der Waals surface area contributed by atoms with Gasteiger partial charge in [0, 0.05) is 25.6 Å². The van der Waals surface area contributed by atoms with Gasteiger partial charge in [-0.1, -0.05) is 42.0 Å². The van der Waals surface area contributed by atoms with E-state index in [0.717, 1.165) is 22.9 Å². The van der Waals surface area contributed by atoms with Crippen molar-refractivity contribution in [3.63, 3.8) is 0 Å². The van der Waals surface area contributed by atoms with Crippen molar-refractivity contribution in [1.82, 2.24) is 10.2 Å². The Hall–Kier alpha value is -2.87. The van der Waals surface area contributed by atoms with Gasteiger partial charge in [-0.3, -0.25) is 13.9 Å². The Morgan fingerprint density at radius 3 is 2.15 bits per heavy atom. The van der Waals surface area contributed by atoms with E-state index in [1.54, 1.807) is 24.0 Å². The SMILES string of the molecule is Cc1ccc(N(CCCC(=O)N(Cc2ccccc2C)[C@H](C)C(=O)NC(C)C)S(C)(=O)=O)cc1. The third-order valence-corrected chi connectivity index (χ3v) is 6.87. The fourth-order valence-electron chi connectivity index (χ4n) is 3.67. The van der Waals surface area contributed by atoms with Crippen LogP contribution in [0.3, 0.4) is 0 Å². The van der Waals surface area contributed by atoms with Crippen LogP contribution >= 0.6 is 0 Å². The summed E-state index contributed by atoms with van der Waals surface area (Å²) in [4.78, 5) is 27.6. The normalized spacial score (nSPS) is 12.3. The van der Waals surface area contributed by atoms with Crippen LogP contribution in [-0.4, -0.2) is 50.0 Å². The van der Waals surface area contributed by atoms with Crippen molar-refractivity contribution in [1.29, 1.82) is 0 Å². The van der Waals surface area contributed by atoms with E-state index in [9.17, 15) is 18.0 Å². The maximum Gasteiger partial charge on any atom is 0.242 e. The van der Waals surface area contributed by atoms with E-state index < -0.39 is 16.1 Å². The van der Waals surface area contributed by atoms with E-state index in [1.165, 1.54) is 4.31 Å². The van der Waals surface area contributed by atoms with Gasteiger partial charge in [0.1, 0.15) is 6.04 Å². The summed E-state index contributed by atoms with van der Waals surface area (Å²) < 4.78 is 26.1. The molecule has 0 fully saturated rings. The Morgan fingerprint density at radius 1 is 0.971 bits per heavy atom. The smallest absolute Gasteiger partial charge is 0.242 e. The van der Waals surface area contributed by atoms with Crippen LogP contribution in [-0.2, 0) is 26.2 Å². The fraction of sp³-hybridized carbons (Fsp3) is 0.462. The fourth-order valence-corrected chi connectivity index (χ4v) is 4.64. The highest BCUT2D eigenvalue weighted by Crippen LogP contribution is 2.20. The number of carbonyl (C=O) groups is 2. The second-order valence-electron chi connectivity index (χ2n) is 9.06. The topological polar surface area (TPSA) is 86.8 Å². The first-order valence-electron chi connectivity index (χ1n) is 11.6. The number of anilines is 1. The van der Waals surface area contributed by atoms with Gasteiger partial charge < -0.3 is 10.2 Å². The second kappa shape index (κ2) is 12.0. The summed E-state index contributed by atoms with van der Waals surface area (Å²) in [5.74, 6) is -0.402. The number of sulfonamides is 1. The predicted octanol–water partition coefficient (Wildman–Crippen LogP) is 3.79. The van der Waals surface area contributed by atoms with E-state index >= 15 is 0 Å². The molecule has 2 aromatic rings. The maximum atomic E-state index is 13.3. The van der Waals surface area contributed by atoms with Crippen LogP contribution in [0.15, 0.2) is 48.5 Å². The van der Waals surface area contributed by atoms with Gasteiger partial charge in [-0.15, -0.1) is 0 Å². The van der Waals surface area contributed by atoms with Crippen LogP contribution < -0.4 is 9.62 Å². The summed E-state index contributed by atoms with van der Waals surface area (Å²) in [7, 11) is -3.50. The van der Waals surface area contributed by atoms with Crippen LogP contribution in [0, 0.1) is 13.8 Å². The number of hydrogen-bond donors (Lipinski definition) is 1. The maximum absolute atomic E-state index is 13.3.